The van der Waals surface area contributed by atoms with Gasteiger partial charge in [-0.05, 0) is 62.6 Å². The van der Waals surface area contributed by atoms with Gasteiger partial charge in [0, 0.05) is 24.0 Å². The van der Waals surface area contributed by atoms with Gasteiger partial charge in [-0.2, -0.15) is 4.31 Å². The molecule has 2 heterocycles. The van der Waals surface area contributed by atoms with Crippen LogP contribution in [0.2, 0.25) is 0 Å². The number of likely N-dealkylation sites (tertiary alicyclic amines) is 1. The first-order chi connectivity index (χ1) is 10.5. The smallest absolute Gasteiger partial charge is 0.211 e. The van der Waals surface area contributed by atoms with E-state index in [-0.39, 0.29) is 6.04 Å². The highest BCUT2D eigenvalue weighted by Gasteiger charge is 2.34. The fourth-order valence-electron chi connectivity index (χ4n) is 3.26. The van der Waals surface area contributed by atoms with E-state index in [9.17, 15) is 8.42 Å². The van der Waals surface area contributed by atoms with Crippen LogP contribution in [0.3, 0.4) is 0 Å². The van der Waals surface area contributed by atoms with E-state index >= 15 is 0 Å². The average molecular weight is 343 g/mol. The molecule has 0 spiro atoms. The zero-order valence-electron chi connectivity index (χ0n) is 13.3. The van der Waals surface area contributed by atoms with Gasteiger partial charge in [-0.15, -0.1) is 11.3 Å². The lowest BCUT2D eigenvalue weighted by atomic mass is 10.0. The van der Waals surface area contributed by atoms with E-state index in [4.69, 9.17) is 0 Å². The molecule has 0 aromatic carbocycles. The second-order valence-corrected chi connectivity index (χ2v) is 9.65. The summed E-state index contributed by atoms with van der Waals surface area (Å²) in [5, 5.41) is 2.13. The molecule has 2 aliphatic rings. The molecule has 1 aromatic heterocycles. The molecule has 0 radical (unpaired) electrons. The van der Waals surface area contributed by atoms with Crippen LogP contribution in [-0.4, -0.2) is 56.1 Å². The van der Waals surface area contributed by atoms with Crippen molar-refractivity contribution in [3.8, 4) is 0 Å². The minimum atomic E-state index is -3.07. The van der Waals surface area contributed by atoms with E-state index in [2.05, 4.69) is 22.4 Å². The quantitative estimate of drug-likeness (QED) is 0.764. The molecule has 0 unspecified atom stereocenters. The van der Waals surface area contributed by atoms with Gasteiger partial charge in [-0.1, -0.05) is 6.07 Å². The molecule has 4 nitrogen and oxygen atoms in total. The van der Waals surface area contributed by atoms with Crippen molar-refractivity contribution >= 4 is 21.4 Å². The van der Waals surface area contributed by atoms with E-state index < -0.39 is 10.0 Å². The number of hydrogen-bond acceptors (Lipinski definition) is 4. The zero-order chi connectivity index (χ0) is 15.6. The summed E-state index contributed by atoms with van der Waals surface area (Å²) >= 11 is 1.82. The van der Waals surface area contributed by atoms with Gasteiger partial charge in [0.05, 0.1) is 6.26 Å². The summed E-state index contributed by atoms with van der Waals surface area (Å²) in [5.41, 5.74) is 0. The summed E-state index contributed by atoms with van der Waals surface area (Å²) < 4.78 is 25.9. The van der Waals surface area contributed by atoms with E-state index in [1.165, 1.54) is 24.0 Å². The Hall–Kier alpha value is -0.430. The van der Waals surface area contributed by atoms with Crippen LogP contribution >= 0.6 is 11.3 Å². The molecule has 0 amide bonds. The summed E-state index contributed by atoms with van der Waals surface area (Å²) in [4.78, 5) is 3.92. The first-order valence-electron chi connectivity index (χ1n) is 8.24. The van der Waals surface area contributed by atoms with Crippen molar-refractivity contribution in [3.05, 3.63) is 22.4 Å². The van der Waals surface area contributed by atoms with E-state index in [0.29, 0.717) is 5.92 Å². The monoisotopic (exact) mass is 342 g/mol. The van der Waals surface area contributed by atoms with Crippen LogP contribution in [0.25, 0.3) is 0 Å². The number of piperidine rings is 1. The first kappa shape index (κ1) is 16.4. The molecule has 1 saturated heterocycles. The fraction of sp³-hybridized carbons (Fsp3) is 0.750. The molecule has 124 valence electrons. The maximum atomic E-state index is 12.1. The number of rotatable bonds is 7. The predicted octanol–water partition coefficient (Wildman–Crippen LogP) is 2.43. The van der Waals surface area contributed by atoms with Gasteiger partial charge < -0.3 is 4.90 Å². The molecular weight excluding hydrogens is 316 g/mol. The Bertz CT molecular complexity index is 559. The lowest BCUT2D eigenvalue weighted by Crippen LogP contribution is -2.48. The molecule has 22 heavy (non-hydrogen) atoms. The van der Waals surface area contributed by atoms with Crippen LogP contribution in [-0.2, 0) is 16.4 Å². The van der Waals surface area contributed by atoms with Gasteiger partial charge >= 0.3 is 0 Å². The van der Waals surface area contributed by atoms with Crippen molar-refractivity contribution < 1.29 is 8.42 Å². The molecule has 1 aliphatic heterocycles. The summed E-state index contributed by atoms with van der Waals surface area (Å²) in [6, 6.07) is 4.51. The highest BCUT2D eigenvalue weighted by atomic mass is 32.2. The average Bonchev–Trinajstić information content (AvgIpc) is 3.15. The topological polar surface area (TPSA) is 40.6 Å². The van der Waals surface area contributed by atoms with Gasteiger partial charge in [-0.3, -0.25) is 0 Å². The predicted molar refractivity (Wildman–Crippen MR) is 91.8 cm³/mol. The number of hydrogen-bond donors (Lipinski definition) is 0. The molecule has 0 bridgehead atoms. The zero-order valence-corrected chi connectivity index (χ0v) is 14.9. The Morgan fingerprint density at radius 2 is 2.00 bits per heavy atom. The lowest BCUT2D eigenvalue weighted by molar-refractivity contribution is 0.158. The van der Waals surface area contributed by atoms with E-state index in [1.54, 1.807) is 4.31 Å². The summed E-state index contributed by atoms with van der Waals surface area (Å²) in [5.74, 6) is 0.617. The molecule has 2 fully saturated rings. The Kier molecular flexibility index (Phi) is 5.22. The molecule has 1 aliphatic carbocycles. The molecule has 3 rings (SSSR count). The molecule has 1 saturated carbocycles. The van der Waals surface area contributed by atoms with Crippen molar-refractivity contribution in [2.75, 3.05) is 32.4 Å². The van der Waals surface area contributed by atoms with Crippen LogP contribution in [0.4, 0.5) is 0 Å². The van der Waals surface area contributed by atoms with Crippen LogP contribution in [0.5, 0.6) is 0 Å². The van der Waals surface area contributed by atoms with Crippen molar-refractivity contribution in [1.29, 1.82) is 0 Å². The Balaban J connectivity index is 1.49. The second kappa shape index (κ2) is 6.99. The summed E-state index contributed by atoms with van der Waals surface area (Å²) in [6.07, 6.45) is 6.84. The van der Waals surface area contributed by atoms with E-state index in [1.807, 2.05) is 11.3 Å². The largest absolute Gasteiger partial charge is 0.303 e. The molecule has 1 aromatic rings. The number of thiophene rings is 1. The fourth-order valence-corrected chi connectivity index (χ4v) is 5.20. The minimum Gasteiger partial charge on any atom is -0.303 e. The molecular formula is C16H26N2O2S2. The van der Waals surface area contributed by atoms with Crippen molar-refractivity contribution in [2.45, 2.75) is 38.1 Å². The van der Waals surface area contributed by atoms with Crippen molar-refractivity contribution in [1.82, 2.24) is 9.21 Å². The summed E-state index contributed by atoms with van der Waals surface area (Å²) in [6.45, 7) is 3.88. The maximum Gasteiger partial charge on any atom is 0.211 e. The highest BCUT2D eigenvalue weighted by molar-refractivity contribution is 7.88. The number of nitrogens with zero attached hydrogens (tertiary/aromatic N) is 2. The molecule has 0 atom stereocenters. The Labute approximate surface area is 138 Å². The summed E-state index contributed by atoms with van der Waals surface area (Å²) in [7, 11) is -3.07. The molecule has 0 N–H and O–H groups in total. The third-order valence-corrected chi connectivity index (χ3v) is 7.02. The minimum absolute atomic E-state index is 0.216. The van der Waals surface area contributed by atoms with Crippen LogP contribution in [0, 0.1) is 5.92 Å². The molecule has 6 heteroatoms. The van der Waals surface area contributed by atoms with Crippen LogP contribution in [0.1, 0.15) is 30.6 Å². The maximum absolute atomic E-state index is 12.1. The second-order valence-electron chi connectivity index (χ2n) is 6.68. The van der Waals surface area contributed by atoms with Gasteiger partial charge in [0.1, 0.15) is 0 Å². The number of sulfonamides is 1. The highest BCUT2D eigenvalue weighted by Crippen LogP contribution is 2.32. The Morgan fingerprint density at radius 1 is 1.27 bits per heavy atom. The third kappa shape index (κ3) is 4.54. The van der Waals surface area contributed by atoms with Gasteiger partial charge in [0.25, 0.3) is 0 Å². The standard InChI is InChI=1S/C16H26N2O2S2/c1-22(19,20)18(13-14-4-5-14)15-6-9-17(10-7-15)11-8-16-3-2-12-21-16/h2-3,12,14-15H,4-11,13H2,1H3. The van der Waals surface area contributed by atoms with Crippen LogP contribution < -0.4 is 0 Å². The Morgan fingerprint density at radius 3 is 2.55 bits per heavy atom. The first-order valence-corrected chi connectivity index (χ1v) is 11.0. The third-order valence-electron chi connectivity index (χ3n) is 4.78. The van der Waals surface area contributed by atoms with Gasteiger partial charge in [0.2, 0.25) is 10.0 Å². The normalized spacial score (nSPS) is 21.5. The van der Waals surface area contributed by atoms with Gasteiger partial charge in [-0.25, -0.2) is 8.42 Å². The van der Waals surface area contributed by atoms with E-state index in [0.717, 1.165) is 45.4 Å². The van der Waals surface area contributed by atoms with Crippen LogP contribution in [0.15, 0.2) is 17.5 Å². The lowest BCUT2D eigenvalue weighted by Gasteiger charge is -2.37. The van der Waals surface area contributed by atoms with Crippen molar-refractivity contribution in [2.24, 2.45) is 5.92 Å². The van der Waals surface area contributed by atoms with Gasteiger partial charge in [0.15, 0.2) is 0 Å². The SMILES string of the molecule is CS(=O)(=O)N(CC1CC1)C1CCN(CCc2cccs2)CC1. The van der Waals surface area contributed by atoms with Crippen molar-refractivity contribution in [3.63, 3.8) is 0 Å².